The van der Waals surface area contributed by atoms with Crippen LogP contribution >= 0.6 is 0 Å². The standard InChI is InChI=1S/C20H26N4O4S/c1-14(25)21-16-8-11-19(22-29(5,27)28)18(12-16)20(26)24(4)13-15-6-9-17(10-7-15)23(2)3/h6-12,22H,13H2,1-5H3,(H,21,25). The van der Waals surface area contributed by atoms with E-state index in [2.05, 4.69) is 10.0 Å². The lowest BCUT2D eigenvalue weighted by molar-refractivity contribution is -0.114. The van der Waals surface area contributed by atoms with E-state index in [1.54, 1.807) is 7.05 Å². The van der Waals surface area contributed by atoms with Crippen molar-refractivity contribution in [1.29, 1.82) is 0 Å². The molecule has 0 heterocycles. The van der Waals surface area contributed by atoms with E-state index in [1.165, 1.54) is 30.0 Å². The molecule has 2 aromatic carbocycles. The largest absolute Gasteiger partial charge is 0.378 e. The second kappa shape index (κ2) is 8.95. The number of benzene rings is 2. The summed E-state index contributed by atoms with van der Waals surface area (Å²) in [6, 6.07) is 12.2. The Labute approximate surface area is 171 Å². The van der Waals surface area contributed by atoms with E-state index >= 15 is 0 Å². The number of amides is 2. The first-order valence-corrected chi connectivity index (χ1v) is 10.8. The van der Waals surface area contributed by atoms with E-state index in [0.29, 0.717) is 12.2 Å². The van der Waals surface area contributed by atoms with E-state index < -0.39 is 10.0 Å². The van der Waals surface area contributed by atoms with Crippen LogP contribution in [-0.2, 0) is 21.4 Å². The van der Waals surface area contributed by atoms with Gasteiger partial charge in [0, 0.05) is 46.0 Å². The molecule has 0 aliphatic heterocycles. The molecule has 0 unspecified atom stereocenters. The Morgan fingerprint density at radius 2 is 1.62 bits per heavy atom. The minimum Gasteiger partial charge on any atom is -0.378 e. The van der Waals surface area contributed by atoms with Gasteiger partial charge < -0.3 is 15.1 Å². The minimum absolute atomic E-state index is 0.147. The van der Waals surface area contributed by atoms with Gasteiger partial charge in [0.15, 0.2) is 0 Å². The summed E-state index contributed by atoms with van der Waals surface area (Å²) >= 11 is 0. The molecule has 0 fully saturated rings. The van der Waals surface area contributed by atoms with E-state index in [-0.39, 0.29) is 23.1 Å². The van der Waals surface area contributed by atoms with Crippen molar-refractivity contribution in [2.24, 2.45) is 0 Å². The number of carbonyl (C=O) groups is 2. The maximum Gasteiger partial charge on any atom is 0.256 e. The highest BCUT2D eigenvalue weighted by molar-refractivity contribution is 7.92. The fraction of sp³-hybridized carbons (Fsp3) is 0.300. The van der Waals surface area contributed by atoms with Gasteiger partial charge in [-0.15, -0.1) is 0 Å². The zero-order chi connectivity index (χ0) is 21.8. The third-order valence-corrected chi connectivity index (χ3v) is 4.68. The average Bonchev–Trinajstić information content (AvgIpc) is 2.61. The van der Waals surface area contributed by atoms with E-state index in [9.17, 15) is 18.0 Å². The second-order valence-electron chi connectivity index (χ2n) is 7.04. The van der Waals surface area contributed by atoms with Crippen molar-refractivity contribution in [3.63, 3.8) is 0 Å². The highest BCUT2D eigenvalue weighted by Crippen LogP contribution is 2.24. The number of nitrogens with zero attached hydrogens (tertiary/aromatic N) is 2. The molecule has 29 heavy (non-hydrogen) atoms. The number of rotatable bonds is 7. The van der Waals surface area contributed by atoms with Crippen LogP contribution in [0.3, 0.4) is 0 Å². The van der Waals surface area contributed by atoms with Crippen LogP contribution in [0.25, 0.3) is 0 Å². The minimum atomic E-state index is -3.58. The lowest BCUT2D eigenvalue weighted by Gasteiger charge is -2.21. The highest BCUT2D eigenvalue weighted by Gasteiger charge is 2.19. The molecule has 2 rings (SSSR count). The first kappa shape index (κ1) is 22.2. The molecule has 0 aliphatic carbocycles. The number of carbonyl (C=O) groups excluding carboxylic acids is 2. The SMILES string of the molecule is CC(=O)Nc1ccc(NS(C)(=O)=O)c(C(=O)N(C)Cc2ccc(N(C)C)cc2)c1. The highest BCUT2D eigenvalue weighted by atomic mass is 32.2. The lowest BCUT2D eigenvalue weighted by Crippen LogP contribution is -2.27. The van der Waals surface area contributed by atoms with Gasteiger partial charge in [0.05, 0.1) is 17.5 Å². The molecule has 156 valence electrons. The average molecular weight is 419 g/mol. The van der Waals surface area contributed by atoms with Gasteiger partial charge in [0.2, 0.25) is 15.9 Å². The summed E-state index contributed by atoms with van der Waals surface area (Å²) in [5.74, 6) is -0.665. The fourth-order valence-corrected chi connectivity index (χ4v) is 3.32. The van der Waals surface area contributed by atoms with Gasteiger partial charge in [-0.1, -0.05) is 12.1 Å². The van der Waals surface area contributed by atoms with Crippen LogP contribution < -0.4 is 14.9 Å². The number of nitrogens with one attached hydrogen (secondary N) is 2. The molecule has 0 bridgehead atoms. The summed E-state index contributed by atoms with van der Waals surface area (Å²) in [6.07, 6.45) is 1.01. The van der Waals surface area contributed by atoms with Crippen LogP contribution in [-0.4, -0.2) is 52.5 Å². The number of hydrogen-bond acceptors (Lipinski definition) is 5. The van der Waals surface area contributed by atoms with Gasteiger partial charge in [-0.2, -0.15) is 0 Å². The fourth-order valence-electron chi connectivity index (χ4n) is 2.74. The Morgan fingerprint density at radius 3 is 2.14 bits per heavy atom. The monoisotopic (exact) mass is 418 g/mol. The Bertz CT molecular complexity index is 1000. The van der Waals surface area contributed by atoms with Crippen LogP contribution in [0.2, 0.25) is 0 Å². The zero-order valence-electron chi connectivity index (χ0n) is 17.2. The number of hydrogen-bond donors (Lipinski definition) is 2. The Hall–Kier alpha value is -3.07. The summed E-state index contributed by atoms with van der Waals surface area (Å²) in [7, 11) is 1.95. The third-order valence-electron chi connectivity index (χ3n) is 4.08. The summed E-state index contributed by atoms with van der Waals surface area (Å²) in [6.45, 7) is 1.70. The van der Waals surface area contributed by atoms with Gasteiger partial charge in [-0.25, -0.2) is 8.42 Å². The molecule has 0 saturated carbocycles. The molecule has 0 saturated heterocycles. The molecule has 8 nitrogen and oxygen atoms in total. The van der Waals surface area contributed by atoms with Gasteiger partial charge in [-0.3, -0.25) is 14.3 Å². The third kappa shape index (κ3) is 6.49. The van der Waals surface area contributed by atoms with Crippen LogP contribution in [0.5, 0.6) is 0 Å². The summed E-state index contributed by atoms with van der Waals surface area (Å²) in [5, 5.41) is 2.60. The predicted molar refractivity (Wildman–Crippen MR) is 116 cm³/mol. The molecule has 2 amide bonds. The first-order chi connectivity index (χ1) is 13.5. The summed E-state index contributed by atoms with van der Waals surface area (Å²) in [4.78, 5) is 27.8. The van der Waals surface area contributed by atoms with Crippen molar-refractivity contribution in [2.45, 2.75) is 13.5 Å². The molecule has 0 atom stereocenters. The molecule has 0 spiro atoms. The quantitative estimate of drug-likeness (QED) is 0.719. The van der Waals surface area contributed by atoms with Crippen molar-refractivity contribution in [3.05, 3.63) is 53.6 Å². The van der Waals surface area contributed by atoms with Gasteiger partial charge >= 0.3 is 0 Å². The van der Waals surface area contributed by atoms with Gasteiger partial charge in [-0.05, 0) is 35.9 Å². The molecule has 2 aromatic rings. The maximum atomic E-state index is 13.0. The number of anilines is 3. The van der Waals surface area contributed by atoms with Gasteiger partial charge in [0.1, 0.15) is 0 Å². The second-order valence-corrected chi connectivity index (χ2v) is 8.79. The number of sulfonamides is 1. The molecule has 0 aromatic heterocycles. The zero-order valence-corrected chi connectivity index (χ0v) is 18.0. The molecular weight excluding hydrogens is 392 g/mol. The van der Waals surface area contributed by atoms with Crippen LogP contribution in [0.1, 0.15) is 22.8 Å². The van der Waals surface area contributed by atoms with E-state index in [1.807, 2.05) is 43.3 Å². The molecule has 2 N–H and O–H groups in total. The van der Waals surface area contributed by atoms with Crippen molar-refractivity contribution in [1.82, 2.24) is 4.90 Å². The molecule has 9 heteroatoms. The lowest BCUT2D eigenvalue weighted by atomic mass is 10.1. The summed E-state index contributed by atoms with van der Waals surface area (Å²) < 4.78 is 25.7. The van der Waals surface area contributed by atoms with Crippen molar-refractivity contribution in [3.8, 4) is 0 Å². The predicted octanol–water partition coefficient (Wildman–Crippen LogP) is 2.35. The van der Waals surface area contributed by atoms with E-state index in [4.69, 9.17) is 0 Å². The Morgan fingerprint density at radius 1 is 1.00 bits per heavy atom. The topological polar surface area (TPSA) is 98.8 Å². The van der Waals surface area contributed by atoms with Crippen molar-refractivity contribution >= 4 is 38.9 Å². The molecule has 0 radical (unpaired) electrons. The Balaban J connectivity index is 2.30. The maximum absolute atomic E-state index is 13.0. The Kier molecular flexibility index (Phi) is 6.86. The summed E-state index contributed by atoms with van der Waals surface area (Å²) in [5.41, 5.74) is 2.69. The van der Waals surface area contributed by atoms with Crippen LogP contribution in [0.4, 0.5) is 17.1 Å². The van der Waals surface area contributed by atoms with E-state index in [0.717, 1.165) is 17.5 Å². The smallest absolute Gasteiger partial charge is 0.256 e. The van der Waals surface area contributed by atoms with Crippen molar-refractivity contribution < 1.29 is 18.0 Å². The molecule has 0 aliphatic rings. The normalized spacial score (nSPS) is 10.9. The molecular formula is C20H26N4O4S. The van der Waals surface area contributed by atoms with Gasteiger partial charge in [0.25, 0.3) is 5.91 Å². The first-order valence-electron chi connectivity index (χ1n) is 8.87. The van der Waals surface area contributed by atoms with Crippen LogP contribution in [0, 0.1) is 0 Å². The van der Waals surface area contributed by atoms with Crippen LogP contribution in [0.15, 0.2) is 42.5 Å². The van der Waals surface area contributed by atoms with Crippen molar-refractivity contribution in [2.75, 3.05) is 42.3 Å².